The summed E-state index contributed by atoms with van der Waals surface area (Å²) in [6.07, 6.45) is -1.89. The van der Waals surface area contributed by atoms with Gasteiger partial charge in [-0.05, 0) is 55.6 Å². The van der Waals surface area contributed by atoms with E-state index in [0.29, 0.717) is 28.5 Å². The summed E-state index contributed by atoms with van der Waals surface area (Å²) in [7, 11) is -3.69. The van der Waals surface area contributed by atoms with Gasteiger partial charge in [-0.15, -0.1) is 11.3 Å². The van der Waals surface area contributed by atoms with Crippen LogP contribution in [-0.2, 0) is 23.0 Å². The number of likely N-dealkylation sites (tertiary alicyclic amines) is 1. The number of nitrogens with zero attached hydrogens (tertiary/aromatic N) is 3. The third-order valence-electron chi connectivity index (χ3n) is 5.68. The quantitative estimate of drug-likeness (QED) is 0.513. The summed E-state index contributed by atoms with van der Waals surface area (Å²) in [6, 6.07) is 8.13. The zero-order valence-corrected chi connectivity index (χ0v) is 19.3. The highest BCUT2D eigenvalue weighted by Crippen LogP contribution is 2.32. The average Bonchev–Trinajstić information content (AvgIpc) is 3.14. The van der Waals surface area contributed by atoms with Crippen LogP contribution >= 0.6 is 11.3 Å². The number of primary sulfonamides is 1. The van der Waals surface area contributed by atoms with E-state index in [4.69, 9.17) is 5.14 Å². The van der Waals surface area contributed by atoms with Gasteiger partial charge < -0.3 is 5.32 Å². The molecule has 3 N–H and O–H groups in total. The standard InChI is InChI=1S/C21H24F3N5O2S2/c22-21(23,24)10-16-9-18-19(27-13-28-20(18)32-16)26-11-14-5-7-29(8-6-14)12-15-1-3-17(4-2-15)33(25,30)31/h1-4,9,13-14H,5-8,10-12H2,(H2,25,30,31)(H,26,27,28). The highest BCUT2D eigenvalue weighted by Gasteiger charge is 2.29. The molecule has 4 rings (SSSR count). The van der Waals surface area contributed by atoms with Gasteiger partial charge in [0.25, 0.3) is 0 Å². The normalized spacial score (nSPS) is 16.4. The molecule has 0 bridgehead atoms. The van der Waals surface area contributed by atoms with Crippen molar-refractivity contribution in [3.05, 3.63) is 47.1 Å². The van der Waals surface area contributed by atoms with Crippen LogP contribution in [0.1, 0.15) is 23.3 Å². The summed E-state index contributed by atoms with van der Waals surface area (Å²) in [5.74, 6) is 0.992. The SMILES string of the molecule is NS(=O)(=O)c1ccc(CN2CCC(CNc3ncnc4sc(CC(F)(F)F)cc34)CC2)cc1. The van der Waals surface area contributed by atoms with Crippen LogP contribution in [0.4, 0.5) is 19.0 Å². The lowest BCUT2D eigenvalue weighted by Crippen LogP contribution is -2.35. The molecule has 0 amide bonds. The molecule has 0 saturated carbocycles. The van der Waals surface area contributed by atoms with Crippen molar-refractivity contribution in [3.63, 3.8) is 0 Å². The van der Waals surface area contributed by atoms with Gasteiger partial charge in [0.2, 0.25) is 10.0 Å². The first-order valence-electron chi connectivity index (χ1n) is 10.4. The maximum atomic E-state index is 12.7. The second-order valence-corrected chi connectivity index (χ2v) is 10.9. The Kier molecular flexibility index (Phi) is 6.89. The van der Waals surface area contributed by atoms with Gasteiger partial charge in [0.05, 0.1) is 16.7 Å². The molecular formula is C21H24F3N5O2S2. The highest BCUT2D eigenvalue weighted by molar-refractivity contribution is 7.89. The first-order valence-corrected chi connectivity index (χ1v) is 12.8. The summed E-state index contributed by atoms with van der Waals surface area (Å²) < 4.78 is 60.9. The molecule has 0 unspecified atom stereocenters. The van der Waals surface area contributed by atoms with Gasteiger partial charge in [-0.3, -0.25) is 4.90 Å². The number of aromatic nitrogens is 2. The predicted octanol–water partition coefficient (Wildman–Crippen LogP) is 3.77. The van der Waals surface area contributed by atoms with E-state index in [1.54, 1.807) is 12.1 Å². The summed E-state index contributed by atoms with van der Waals surface area (Å²) >= 11 is 1.04. The van der Waals surface area contributed by atoms with Crippen molar-refractivity contribution in [1.82, 2.24) is 14.9 Å². The van der Waals surface area contributed by atoms with E-state index in [9.17, 15) is 21.6 Å². The van der Waals surface area contributed by atoms with E-state index in [1.807, 2.05) is 0 Å². The third kappa shape index (κ3) is 6.40. The zero-order chi connectivity index (χ0) is 23.6. The number of alkyl halides is 3. The lowest BCUT2D eigenvalue weighted by atomic mass is 9.96. The van der Waals surface area contributed by atoms with Crippen LogP contribution in [0.2, 0.25) is 0 Å². The molecule has 0 aliphatic carbocycles. The first-order chi connectivity index (χ1) is 15.6. The summed E-state index contributed by atoms with van der Waals surface area (Å²) in [6.45, 7) is 3.22. The average molecular weight is 500 g/mol. The van der Waals surface area contributed by atoms with Crippen molar-refractivity contribution < 1.29 is 21.6 Å². The van der Waals surface area contributed by atoms with E-state index < -0.39 is 22.6 Å². The van der Waals surface area contributed by atoms with Crippen LogP contribution in [-0.4, -0.2) is 49.1 Å². The molecule has 1 aliphatic heterocycles. The number of hydrogen-bond acceptors (Lipinski definition) is 7. The molecule has 0 spiro atoms. The molecule has 1 fully saturated rings. The summed E-state index contributed by atoms with van der Waals surface area (Å²) in [4.78, 5) is 11.5. The molecule has 12 heteroatoms. The number of hydrogen-bond donors (Lipinski definition) is 2. The van der Waals surface area contributed by atoms with Crippen molar-refractivity contribution in [2.75, 3.05) is 25.0 Å². The van der Waals surface area contributed by atoms with Gasteiger partial charge in [-0.2, -0.15) is 13.2 Å². The first kappa shape index (κ1) is 23.9. The van der Waals surface area contributed by atoms with Crippen LogP contribution in [0.15, 0.2) is 41.6 Å². The molecule has 3 aromatic rings. The molecule has 1 saturated heterocycles. The maximum Gasteiger partial charge on any atom is 0.393 e. The Bertz CT molecular complexity index is 1200. The van der Waals surface area contributed by atoms with Crippen LogP contribution in [0, 0.1) is 5.92 Å². The van der Waals surface area contributed by atoms with Crippen molar-refractivity contribution in [3.8, 4) is 0 Å². The Labute approximate surface area is 193 Å². The monoisotopic (exact) mass is 499 g/mol. The topological polar surface area (TPSA) is 101 Å². The van der Waals surface area contributed by atoms with Gasteiger partial charge >= 0.3 is 6.18 Å². The van der Waals surface area contributed by atoms with Gasteiger partial charge in [0, 0.05) is 18.0 Å². The summed E-state index contributed by atoms with van der Waals surface area (Å²) in [5, 5.41) is 9.07. The minimum Gasteiger partial charge on any atom is -0.369 e. The number of fused-ring (bicyclic) bond motifs is 1. The van der Waals surface area contributed by atoms with Crippen molar-refractivity contribution in [1.29, 1.82) is 0 Å². The third-order valence-corrected chi connectivity index (χ3v) is 7.65. The Balaban J connectivity index is 1.29. The van der Waals surface area contributed by atoms with Crippen molar-refractivity contribution >= 4 is 37.4 Å². The number of thiophene rings is 1. The Morgan fingerprint density at radius 2 is 1.85 bits per heavy atom. The fourth-order valence-corrected chi connectivity index (χ4v) is 5.51. The van der Waals surface area contributed by atoms with E-state index in [0.717, 1.165) is 49.4 Å². The van der Waals surface area contributed by atoms with E-state index in [-0.39, 0.29) is 9.77 Å². The smallest absolute Gasteiger partial charge is 0.369 e. The lowest BCUT2D eigenvalue weighted by Gasteiger charge is -2.32. The van der Waals surface area contributed by atoms with Crippen molar-refractivity contribution in [2.24, 2.45) is 11.1 Å². The van der Waals surface area contributed by atoms with Gasteiger partial charge in [-0.25, -0.2) is 23.5 Å². The van der Waals surface area contributed by atoms with E-state index >= 15 is 0 Å². The number of nitrogens with two attached hydrogens (primary N) is 1. The Morgan fingerprint density at radius 1 is 1.15 bits per heavy atom. The number of anilines is 1. The number of halogens is 3. The van der Waals surface area contributed by atoms with Crippen LogP contribution in [0.25, 0.3) is 10.2 Å². The zero-order valence-electron chi connectivity index (χ0n) is 17.7. The fraction of sp³-hybridized carbons (Fsp3) is 0.429. The van der Waals surface area contributed by atoms with E-state index in [2.05, 4.69) is 20.2 Å². The number of nitrogens with one attached hydrogen (secondary N) is 1. The molecule has 33 heavy (non-hydrogen) atoms. The molecule has 3 heterocycles. The molecule has 0 radical (unpaired) electrons. The number of benzene rings is 1. The molecule has 178 valence electrons. The minimum absolute atomic E-state index is 0.103. The summed E-state index contributed by atoms with van der Waals surface area (Å²) in [5.41, 5.74) is 1.02. The van der Waals surface area contributed by atoms with Crippen LogP contribution < -0.4 is 10.5 Å². The second kappa shape index (κ2) is 9.53. The van der Waals surface area contributed by atoms with Crippen molar-refractivity contribution in [2.45, 2.75) is 36.9 Å². The Hall–Kier alpha value is -2.28. The van der Waals surface area contributed by atoms with Gasteiger partial charge in [-0.1, -0.05) is 12.1 Å². The molecule has 0 atom stereocenters. The number of rotatable bonds is 7. The largest absolute Gasteiger partial charge is 0.393 e. The number of sulfonamides is 1. The van der Waals surface area contributed by atoms with Crippen LogP contribution in [0.5, 0.6) is 0 Å². The van der Waals surface area contributed by atoms with Gasteiger partial charge in [0.15, 0.2) is 0 Å². The molecule has 2 aromatic heterocycles. The molecule has 1 aliphatic rings. The molecular weight excluding hydrogens is 475 g/mol. The fourth-order valence-electron chi connectivity index (χ4n) is 3.96. The molecule has 1 aromatic carbocycles. The van der Waals surface area contributed by atoms with Gasteiger partial charge in [0.1, 0.15) is 17.0 Å². The highest BCUT2D eigenvalue weighted by atomic mass is 32.2. The molecule has 7 nitrogen and oxygen atoms in total. The number of piperidine rings is 1. The second-order valence-electron chi connectivity index (χ2n) is 8.24. The van der Waals surface area contributed by atoms with E-state index in [1.165, 1.54) is 24.5 Å². The maximum absolute atomic E-state index is 12.7. The lowest BCUT2D eigenvalue weighted by molar-refractivity contribution is -0.126. The van der Waals surface area contributed by atoms with Crippen LogP contribution in [0.3, 0.4) is 0 Å². The Morgan fingerprint density at radius 3 is 2.48 bits per heavy atom. The predicted molar refractivity (Wildman–Crippen MR) is 121 cm³/mol. The minimum atomic E-state index is -4.25.